The van der Waals surface area contributed by atoms with Crippen LogP contribution in [0.5, 0.6) is 0 Å². The first kappa shape index (κ1) is 23.3. The Bertz CT molecular complexity index is 912. The van der Waals surface area contributed by atoms with Crippen molar-refractivity contribution in [3.63, 3.8) is 0 Å². The number of amides is 1. The third kappa shape index (κ3) is 6.54. The van der Waals surface area contributed by atoms with Gasteiger partial charge >= 0.3 is 0 Å². The highest BCUT2D eigenvalue weighted by atomic mass is 16.2. The van der Waals surface area contributed by atoms with E-state index in [4.69, 9.17) is 0 Å². The van der Waals surface area contributed by atoms with Gasteiger partial charge in [0, 0.05) is 37.1 Å². The Labute approximate surface area is 186 Å². The van der Waals surface area contributed by atoms with Crippen LogP contribution >= 0.6 is 0 Å². The molecule has 0 aliphatic heterocycles. The molecule has 0 bridgehead atoms. The SMILES string of the molecule is Cc1cc(=O)c(C(=O)NCC2CCCCC2)c(CCc2ccccc2)n1CCN(C)C. The molecule has 31 heavy (non-hydrogen) atoms. The predicted octanol–water partition coefficient (Wildman–Crippen LogP) is 3.81. The van der Waals surface area contributed by atoms with Crippen molar-refractivity contribution in [3.05, 3.63) is 69.1 Å². The number of pyridine rings is 1. The van der Waals surface area contributed by atoms with E-state index in [0.717, 1.165) is 30.9 Å². The zero-order chi connectivity index (χ0) is 22.2. The van der Waals surface area contributed by atoms with E-state index in [1.807, 2.05) is 39.2 Å². The van der Waals surface area contributed by atoms with E-state index in [1.165, 1.54) is 37.7 Å². The molecule has 5 heteroatoms. The summed E-state index contributed by atoms with van der Waals surface area (Å²) in [5.74, 6) is 0.323. The second-order valence-corrected chi connectivity index (χ2v) is 9.13. The van der Waals surface area contributed by atoms with Crippen molar-refractivity contribution in [2.45, 2.75) is 58.4 Å². The number of carbonyl (C=O) groups excluding carboxylic acids is 1. The Kier molecular flexibility index (Phi) is 8.47. The molecule has 1 heterocycles. The lowest BCUT2D eigenvalue weighted by Crippen LogP contribution is -2.36. The zero-order valence-corrected chi connectivity index (χ0v) is 19.3. The summed E-state index contributed by atoms with van der Waals surface area (Å²) >= 11 is 0. The fraction of sp³-hybridized carbons (Fsp3) is 0.538. The van der Waals surface area contributed by atoms with Gasteiger partial charge in [-0.3, -0.25) is 9.59 Å². The van der Waals surface area contributed by atoms with E-state index in [-0.39, 0.29) is 11.3 Å². The molecule has 3 rings (SSSR count). The first-order valence-electron chi connectivity index (χ1n) is 11.7. The van der Waals surface area contributed by atoms with Gasteiger partial charge in [0.2, 0.25) is 0 Å². The predicted molar refractivity (Wildman–Crippen MR) is 127 cm³/mol. The number of hydrogen-bond acceptors (Lipinski definition) is 3. The molecular weight excluding hydrogens is 386 g/mol. The first-order chi connectivity index (χ1) is 15.0. The molecule has 0 atom stereocenters. The smallest absolute Gasteiger partial charge is 0.257 e. The fourth-order valence-corrected chi connectivity index (χ4v) is 4.57. The normalized spacial score (nSPS) is 14.7. The van der Waals surface area contributed by atoms with Crippen molar-refractivity contribution in [3.8, 4) is 0 Å². The summed E-state index contributed by atoms with van der Waals surface area (Å²) in [5, 5.41) is 3.10. The van der Waals surface area contributed by atoms with Crippen LogP contribution in [0.3, 0.4) is 0 Å². The number of carbonyl (C=O) groups is 1. The van der Waals surface area contributed by atoms with Gasteiger partial charge in [-0.15, -0.1) is 0 Å². The first-order valence-corrected chi connectivity index (χ1v) is 11.7. The largest absolute Gasteiger partial charge is 0.352 e. The van der Waals surface area contributed by atoms with E-state index in [1.54, 1.807) is 6.07 Å². The topological polar surface area (TPSA) is 54.3 Å². The third-order valence-corrected chi connectivity index (χ3v) is 6.39. The summed E-state index contributed by atoms with van der Waals surface area (Å²) in [4.78, 5) is 28.3. The minimum Gasteiger partial charge on any atom is -0.352 e. The van der Waals surface area contributed by atoms with Crippen LogP contribution in [0.4, 0.5) is 0 Å². The van der Waals surface area contributed by atoms with Crippen molar-refractivity contribution in [2.24, 2.45) is 5.92 Å². The maximum absolute atomic E-state index is 13.2. The van der Waals surface area contributed by atoms with Gasteiger partial charge in [0.1, 0.15) is 5.56 Å². The molecule has 5 nitrogen and oxygen atoms in total. The molecule has 2 aromatic rings. The number of aromatic nitrogens is 1. The van der Waals surface area contributed by atoms with Gasteiger partial charge in [0.15, 0.2) is 5.43 Å². The lowest BCUT2D eigenvalue weighted by Gasteiger charge is -2.24. The Hall–Kier alpha value is -2.40. The summed E-state index contributed by atoms with van der Waals surface area (Å²) < 4.78 is 2.17. The molecule has 1 N–H and O–H groups in total. The van der Waals surface area contributed by atoms with Crippen LogP contribution in [0.1, 0.15) is 59.4 Å². The number of likely N-dealkylation sites (N-methyl/N-ethyl adjacent to an activating group) is 1. The van der Waals surface area contributed by atoms with Gasteiger partial charge in [-0.1, -0.05) is 49.6 Å². The van der Waals surface area contributed by atoms with Crippen LogP contribution in [-0.2, 0) is 19.4 Å². The van der Waals surface area contributed by atoms with Gasteiger partial charge in [-0.2, -0.15) is 0 Å². The maximum Gasteiger partial charge on any atom is 0.257 e. The average Bonchev–Trinajstić information content (AvgIpc) is 2.76. The summed E-state index contributed by atoms with van der Waals surface area (Å²) in [6.45, 7) is 4.24. The third-order valence-electron chi connectivity index (χ3n) is 6.39. The van der Waals surface area contributed by atoms with E-state index in [9.17, 15) is 9.59 Å². The molecule has 0 radical (unpaired) electrons. The van der Waals surface area contributed by atoms with Crippen molar-refractivity contribution in [1.29, 1.82) is 0 Å². The molecule has 1 aromatic heterocycles. The number of benzene rings is 1. The molecule has 0 unspecified atom stereocenters. The number of aryl methyl sites for hydroxylation is 2. The minimum absolute atomic E-state index is 0.164. The summed E-state index contributed by atoms with van der Waals surface area (Å²) in [6.07, 6.45) is 7.58. The van der Waals surface area contributed by atoms with Crippen molar-refractivity contribution in [2.75, 3.05) is 27.2 Å². The van der Waals surface area contributed by atoms with Crippen molar-refractivity contribution in [1.82, 2.24) is 14.8 Å². The molecule has 1 aliphatic carbocycles. The number of nitrogens with one attached hydrogen (secondary N) is 1. The monoisotopic (exact) mass is 423 g/mol. The van der Waals surface area contributed by atoms with Gasteiger partial charge < -0.3 is 14.8 Å². The molecule has 168 valence electrons. The fourth-order valence-electron chi connectivity index (χ4n) is 4.57. The molecule has 1 aliphatic rings. The lowest BCUT2D eigenvalue weighted by atomic mass is 9.89. The van der Waals surface area contributed by atoms with Crippen LogP contribution in [0.2, 0.25) is 0 Å². The molecule has 0 spiro atoms. The van der Waals surface area contributed by atoms with Gasteiger partial charge in [0.25, 0.3) is 5.91 Å². The van der Waals surface area contributed by atoms with Gasteiger partial charge in [-0.25, -0.2) is 0 Å². The van der Waals surface area contributed by atoms with Crippen LogP contribution in [0.25, 0.3) is 0 Å². The molecule has 0 saturated heterocycles. The Morgan fingerprint density at radius 1 is 1.10 bits per heavy atom. The highest BCUT2D eigenvalue weighted by molar-refractivity contribution is 5.95. The van der Waals surface area contributed by atoms with Crippen molar-refractivity contribution >= 4 is 5.91 Å². The maximum atomic E-state index is 13.2. The molecule has 1 aromatic carbocycles. The number of hydrogen-bond donors (Lipinski definition) is 1. The standard InChI is InChI=1S/C26H37N3O2/c1-20-18-24(30)25(26(31)27-19-22-12-8-5-9-13-22)23(29(20)17-16-28(2)3)15-14-21-10-6-4-7-11-21/h4,6-7,10-11,18,22H,5,8-9,12-17,19H2,1-3H3,(H,27,31). The van der Waals surface area contributed by atoms with Crippen LogP contribution < -0.4 is 10.7 Å². The second kappa shape index (κ2) is 11.3. The number of rotatable bonds is 9. The quantitative estimate of drug-likeness (QED) is 0.667. The highest BCUT2D eigenvalue weighted by Crippen LogP contribution is 2.23. The Morgan fingerprint density at radius 2 is 1.81 bits per heavy atom. The molecule has 1 amide bonds. The van der Waals surface area contributed by atoms with E-state index in [2.05, 4.69) is 26.9 Å². The molecule has 1 saturated carbocycles. The van der Waals surface area contributed by atoms with Crippen molar-refractivity contribution < 1.29 is 4.79 Å². The average molecular weight is 424 g/mol. The number of nitrogens with zero attached hydrogens (tertiary/aromatic N) is 2. The van der Waals surface area contributed by atoms with E-state index >= 15 is 0 Å². The molecular formula is C26H37N3O2. The summed E-state index contributed by atoms with van der Waals surface area (Å²) in [7, 11) is 4.08. The molecule has 1 fully saturated rings. The lowest BCUT2D eigenvalue weighted by molar-refractivity contribution is 0.0940. The highest BCUT2D eigenvalue weighted by Gasteiger charge is 2.22. The van der Waals surface area contributed by atoms with Crippen LogP contribution in [0, 0.1) is 12.8 Å². The minimum atomic E-state index is -0.211. The Balaban J connectivity index is 1.87. The Morgan fingerprint density at radius 3 is 2.48 bits per heavy atom. The second-order valence-electron chi connectivity index (χ2n) is 9.13. The zero-order valence-electron chi connectivity index (χ0n) is 19.3. The van der Waals surface area contributed by atoms with Crippen LogP contribution in [-0.4, -0.2) is 42.6 Å². The summed E-state index contributed by atoms with van der Waals surface area (Å²) in [6, 6.07) is 11.9. The van der Waals surface area contributed by atoms with E-state index in [0.29, 0.717) is 24.4 Å². The van der Waals surface area contributed by atoms with E-state index < -0.39 is 0 Å². The van der Waals surface area contributed by atoms with Gasteiger partial charge in [-0.05, 0) is 58.2 Å². The summed E-state index contributed by atoms with van der Waals surface area (Å²) in [5.41, 5.74) is 3.15. The van der Waals surface area contributed by atoms with Crippen LogP contribution in [0.15, 0.2) is 41.2 Å². The van der Waals surface area contributed by atoms with Gasteiger partial charge in [0.05, 0.1) is 0 Å².